The highest BCUT2D eigenvalue weighted by Crippen LogP contribution is 2.14. The second kappa shape index (κ2) is 5.52. The molecular weight excluding hydrogens is 238 g/mol. The molecule has 0 saturated heterocycles. The molecule has 2 rings (SSSR count). The fourth-order valence-corrected chi connectivity index (χ4v) is 1.88. The van der Waals surface area contributed by atoms with Crippen molar-refractivity contribution in [1.82, 2.24) is 4.98 Å². The smallest absolute Gasteiger partial charge is 0.255 e. The minimum absolute atomic E-state index is 0.114. The van der Waals surface area contributed by atoms with Gasteiger partial charge in [-0.2, -0.15) is 0 Å². The van der Waals surface area contributed by atoms with E-state index in [4.69, 9.17) is 0 Å². The van der Waals surface area contributed by atoms with Crippen LogP contribution in [-0.4, -0.2) is 17.9 Å². The van der Waals surface area contributed by atoms with E-state index in [-0.39, 0.29) is 5.91 Å². The Balaban J connectivity index is 2.15. The van der Waals surface area contributed by atoms with Gasteiger partial charge in [-0.1, -0.05) is 17.7 Å². The Morgan fingerprint density at radius 1 is 1.16 bits per heavy atom. The first kappa shape index (κ1) is 13.1. The Bertz CT molecular complexity index is 591. The maximum Gasteiger partial charge on any atom is 0.255 e. The van der Waals surface area contributed by atoms with Crippen molar-refractivity contribution in [2.24, 2.45) is 0 Å². The average molecular weight is 255 g/mol. The first-order valence-electron chi connectivity index (χ1n) is 6.12. The number of aryl methyl sites for hydroxylation is 2. The number of pyridine rings is 1. The number of carbonyl (C=O) groups excluding carboxylic acids is 1. The van der Waals surface area contributed by atoms with Crippen molar-refractivity contribution in [2.45, 2.75) is 13.8 Å². The minimum atomic E-state index is -0.114. The zero-order chi connectivity index (χ0) is 13.8. The van der Waals surface area contributed by atoms with Crippen LogP contribution in [-0.2, 0) is 0 Å². The lowest BCUT2D eigenvalue weighted by atomic mass is 10.1. The molecule has 0 saturated carbocycles. The van der Waals surface area contributed by atoms with Gasteiger partial charge in [0, 0.05) is 12.6 Å². The number of anilines is 2. The number of nitrogens with one attached hydrogen (secondary N) is 2. The van der Waals surface area contributed by atoms with Crippen LogP contribution in [0.4, 0.5) is 11.5 Å². The molecule has 0 bridgehead atoms. The Hall–Kier alpha value is -2.36. The van der Waals surface area contributed by atoms with Crippen LogP contribution in [0.15, 0.2) is 36.5 Å². The lowest BCUT2D eigenvalue weighted by Gasteiger charge is -2.08. The third-order valence-electron chi connectivity index (χ3n) is 2.90. The van der Waals surface area contributed by atoms with Crippen LogP contribution in [0.1, 0.15) is 21.5 Å². The predicted octanol–water partition coefficient (Wildman–Crippen LogP) is 2.99. The SMILES string of the molecule is CNc1ccc(NC(=O)c2ccc(C)cc2C)cn1. The van der Waals surface area contributed by atoms with E-state index in [9.17, 15) is 4.79 Å². The molecule has 0 atom stereocenters. The number of carbonyl (C=O) groups is 1. The molecule has 0 spiro atoms. The summed E-state index contributed by atoms with van der Waals surface area (Å²) in [6.45, 7) is 3.94. The van der Waals surface area contributed by atoms with Gasteiger partial charge >= 0.3 is 0 Å². The standard InChI is InChI=1S/C15H17N3O/c1-10-4-6-13(11(2)8-10)15(19)18-12-5-7-14(16-3)17-9-12/h4-9H,1-3H3,(H,16,17)(H,18,19). The lowest BCUT2D eigenvalue weighted by Crippen LogP contribution is -2.13. The van der Waals surface area contributed by atoms with Gasteiger partial charge in [-0.15, -0.1) is 0 Å². The van der Waals surface area contributed by atoms with Gasteiger partial charge in [0.1, 0.15) is 5.82 Å². The number of hydrogen-bond donors (Lipinski definition) is 2. The number of rotatable bonds is 3. The molecule has 0 aliphatic carbocycles. The number of aromatic nitrogens is 1. The lowest BCUT2D eigenvalue weighted by molar-refractivity contribution is 0.102. The molecule has 0 unspecified atom stereocenters. The van der Waals surface area contributed by atoms with E-state index >= 15 is 0 Å². The normalized spacial score (nSPS) is 10.1. The van der Waals surface area contributed by atoms with E-state index in [0.717, 1.165) is 16.9 Å². The van der Waals surface area contributed by atoms with E-state index < -0.39 is 0 Å². The van der Waals surface area contributed by atoms with Gasteiger partial charge in [0.25, 0.3) is 5.91 Å². The molecule has 1 aromatic carbocycles. The van der Waals surface area contributed by atoms with E-state index in [1.54, 1.807) is 13.2 Å². The largest absolute Gasteiger partial charge is 0.373 e. The third kappa shape index (κ3) is 3.10. The molecule has 0 radical (unpaired) electrons. The van der Waals surface area contributed by atoms with Crippen LogP contribution < -0.4 is 10.6 Å². The van der Waals surface area contributed by atoms with Gasteiger partial charge in [-0.05, 0) is 37.6 Å². The zero-order valence-electron chi connectivity index (χ0n) is 11.3. The summed E-state index contributed by atoms with van der Waals surface area (Å²) in [5.41, 5.74) is 3.48. The Kier molecular flexibility index (Phi) is 3.80. The quantitative estimate of drug-likeness (QED) is 0.886. The van der Waals surface area contributed by atoms with Crippen molar-refractivity contribution in [3.63, 3.8) is 0 Å². The molecule has 1 heterocycles. The second-order valence-electron chi connectivity index (χ2n) is 4.45. The number of hydrogen-bond acceptors (Lipinski definition) is 3. The zero-order valence-corrected chi connectivity index (χ0v) is 11.3. The maximum atomic E-state index is 12.1. The average Bonchev–Trinajstić information content (AvgIpc) is 2.39. The molecule has 98 valence electrons. The first-order chi connectivity index (χ1) is 9.10. The minimum Gasteiger partial charge on any atom is -0.373 e. The molecule has 1 aromatic heterocycles. The molecule has 1 amide bonds. The van der Waals surface area contributed by atoms with Crippen LogP contribution in [0.2, 0.25) is 0 Å². The van der Waals surface area contributed by atoms with Gasteiger partial charge in [0.15, 0.2) is 0 Å². The van der Waals surface area contributed by atoms with Crippen molar-refractivity contribution < 1.29 is 4.79 Å². The van der Waals surface area contributed by atoms with Gasteiger partial charge in [-0.3, -0.25) is 4.79 Å². The van der Waals surface area contributed by atoms with Crippen molar-refractivity contribution >= 4 is 17.4 Å². The van der Waals surface area contributed by atoms with Gasteiger partial charge in [0.2, 0.25) is 0 Å². The summed E-state index contributed by atoms with van der Waals surface area (Å²) in [6.07, 6.45) is 1.63. The van der Waals surface area contributed by atoms with Crippen molar-refractivity contribution in [3.8, 4) is 0 Å². The maximum absolute atomic E-state index is 12.1. The third-order valence-corrected chi connectivity index (χ3v) is 2.90. The molecule has 4 nitrogen and oxygen atoms in total. The van der Waals surface area contributed by atoms with E-state index in [0.29, 0.717) is 11.3 Å². The Morgan fingerprint density at radius 3 is 2.53 bits per heavy atom. The summed E-state index contributed by atoms with van der Waals surface area (Å²) in [5, 5.41) is 5.77. The van der Waals surface area contributed by atoms with Gasteiger partial charge in [-0.25, -0.2) is 4.98 Å². The first-order valence-corrected chi connectivity index (χ1v) is 6.12. The monoisotopic (exact) mass is 255 g/mol. The van der Waals surface area contributed by atoms with Crippen molar-refractivity contribution in [2.75, 3.05) is 17.7 Å². The summed E-state index contributed by atoms with van der Waals surface area (Å²) >= 11 is 0. The topological polar surface area (TPSA) is 54.0 Å². The summed E-state index contributed by atoms with van der Waals surface area (Å²) in [4.78, 5) is 16.3. The van der Waals surface area contributed by atoms with Crippen LogP contribution in [0.3, 0.4) is 0 Å². The summed E-state index contributed by atoms with van der Waals surface area (Å²) in [7, 11) is 1.80. The van der Waals surface area contributed by atoms with Gasteiger partial charge in [0.05, 0.1) is 11.9 Å². The molecule has 2 N–H and O–H groups in total. The summed E-state index contributed by atoms with van der Waals surface area (Å²) in [6, 6.07) is 9.41. The fourth-order valence-electron chi connectivity index (χ4n) is 1.88. The molecule has 19 heavy (non-hydrogen) atoms. The van der Waals surface area contributed by atoms with Crippen LogP contribution in [0, 0.1) is 13.8 Å². The van der Waals surface area contributed by atoms with Crippen LogP contribution >= 0.6 is 0 Å². The van der Waals surface area contributed by atoms with Crippen molar-refractivity contribution in [3.05, 3.63) is 53.2 Å². The molecule has 0 fully saturated rings. The second-order valence-corrected chi connectivity index (χ2v) is 4.45. The molecule has 2 aromatic rings. The van der Waals surface area contributed by atoms with Crippen molar-refractivity contribution in [1.29, 1.82) is 0 Å². The van der Waals surface area contributed by atoms with Gasteiger partial charge < -0.3 is 10.6 Å². The molecule has 0 aliphatic heterocycles. The molecule has 0 aliphatic rings. The highest BCUT2D eigenvalue weighted by molar-refractivity contribution is 6.05. The number of benzene rings is 1. The highest BCUT2D eigenvalue weighted by Gasteiger charge is 2.09. The van der Waals surface area contributed by atoms with E-state index in [1.165, 1.54) is 0 Å². The molecule has 4 heteroatoms. The summed E-state index contributed by atoms with van der Waals surface area (Å²) in [5.74, 6) is 0.654. The Morgan fingerprint density at radius 2 is 1.95 bits per heavy atom. The number of nitrogens with zero attached hydrogens (tertiary/aromatic N) is 1. The highest BCUT2D eigenvalue weighted by atomic mass is 16.1. The van der Waals surface area contributed by atoms with E-state index in [2.05, 4.69) is 15.6 Å². The molecular formula is C15H17N3O. The number of amides is 1. The van der Waals surface area contributed by atoms with E-state index in [1.807, 2.05) is 44.2 Å². The Labute approximate surface area is 112 Å². The summed E-state index contributed by atoms with van der Waals surface area (Å²) < 4.78 is 0. The van der Waals surface area contributed by atoms with Crippen LogP contribution in [0.5, 0.6) is 0 Å². The van der Waals surface area contributed by atoms with Crippen LogP contribution in [0.25, 0.3) is 0 Å². The predicted molar refractivity (Wildman–Crippen MR) is 77.7 cm³/mol. The fraction of sp³-hybridized carbons (Fsp3) is 0.200.